The highest BCUT2D eigenvalue weighted by molar-refractivity contribution is 6.03. The van der Waals surface area contributed by atoms with Crippen molar-refractivity contribution in [2.45, 2.75) is 5.41 Å². The lowest BCUT2D eigenvalue weighted by Gasteiger charge is -2.33. The summed E-state index contributed by atoms with van der Waals surface area (Å²) < 4.78 is 2.21. The van der Waals surface area contributed by atoms with Crippen LogP contribution >= 0.6 is 0 Å². The van der Waals surface area contributed by atoms with Gasteiger partial charge in [0.1, 0.15) is 5.82 Å². The van der Waals surface area contributed by atoms with Crippen LogP contribution in [0.1, 0.15) is 22.3 Å². The van der Waals surface area contributed by atoms with E-state index in [1.807, 2.05) is 24.4 Å². The summed E-state index contributed by atoms with van der Waals surface area (Å²) in [5, 5.41) is 1.17. The maximum Gasteiger partial charge on any atom is 0.163 e. The predicted octanol–water partition coefficient (Wildman–Crippen LogP) is 7.85. The molecule has 0 spiro atoms. The van der Waals surface area contributed by atoms with Crippen LogP contribution in [0.5, 0.6) is 0 Å². The van der Waals surface area contributed by atoms with Crippen LogP contribution < -0.4 is 0 Å². The van der Waals surface area contributed by atoms with Gasteiger partial charge in [-0.25, -0.2) is 9.97 Å². The van der Waals surface area contributed by atoms with Crippen LogP contribution in [0.25, 0.3) is 39.2 Å². The van der Waals surface area contributed by atoms with Crippen LogP contribution in [0.15, 0.2) is 146 Å². The number of hydrogen-bond acceptors (Lipinski definition) is 3. The quantitative estimate of drug-likeness (QED) is 0.241. The highest BCUT2D eigenvalue weighted by Crippen LogP contribution is 2.57. The first-order valence-electron chi connectivity index (χ1n) is 13.4. The third-order valence-corrected chi connectivity index (χ3v) is 8.08. The number of pyridine rings is 1. The molecule has 3 aromatic heterocycles. The SMILES string of the molecule is c1ccc(C2(c3ccccc3)c3ccccc3-c3c2ccc2ccn(-c4ccnc(-c5cccnc5)n4)c32)cc1. The first-order chi connectivity index (χ1) is 19.9. The molecule has 4 heteroatoms. The Kier molecular flexibility index (Phi) is 5.01. The van der Waals surface area contributed by atoms with Crippen molar-refractivity contribution in [3.05, 3.63) is 168 Å². The van der Waals surface area contributed by atoms with Crippen molar-refractivity contribution in [3.8, 4) is 28.3 Å². The summed E-state index contributed by atoms with van der Waals surface area (Å²) >= 11 is 0. The number of hydrogen-bond donors (Lipinski definition) is 0. The molecule has 4 aromatic carbocycles. The molecule has 0 saturated heterocycles. The van der Waals surface area contributed by atoms with Gasteiger partial charge in [0.15, 0.2) is 5.82 Å². The lowest BCUT2D eigenvalue weighted by Crippen LogP contribution is -2.28. The van der Waals surface area contributed by atoms with Gasteiger partial charge >= 0.3 is 0 Å². The number of aromatic nitrogens is 4. The van der Waals surface area contributed by atoms with Gasteiger partial charge in [-0.2, -0.15) is 0 Å². The van der Waals surface area contributed by atoms with Gasteiger partial charge in [-0.1, -0.05) is 97.1 Å². The number of rotatable bonds is 4. The van der Waals surface area contributed by atoms with Crippen molar-refractivity contribution in [3.63, 3.8) is 0 Å². The minimum Gasteiger partial charge on any atom is -0.300 e. The van der Waals surface area contributed by atoms with Crippen LogP contribution in [0.3, 0.4) is 0 Å². The molecule has 0 saturated carbocycles. The summed E-state index contributed by atoms with van der Waals surface area (Å²) in [4.78, 5) is 13.8. The molecule has 0 atom stereocenters. The van der Waals surface area contributed by atoms with Crippen LogP contribution in [0.4, 0.5) is 0 Å². The van der Waals surface area contributed by atoms with Crippen molar-refractivity contribution >= 4 is 10.9 Å². The summed E-state index contributed by atoms with van der Waals surface area (Å²) in [6, 6.07) is 43.3. The Morgan fingerprint density at radius 1 is 0.600 bits per heavy atom. The average Bonchev–Trinajstić information content (AvgIpc) is 3.60. The Hall–Kier alpha value is -5.35. The van der Waals surface area contributed by atoms with E-state index in [1.165, 1.54) is 38.8 Å². The molecule has 0 N–H and O–H groups in total. The van der Waals surface area contributed by atoms with E-state index >= 15 is 0 Å². The zero-order valence-electron chi connectivity index (χ0n) is 21.6. The summed E-state index contributed by atoms with van der Waals surface area (Å²) in [7, 11) is 0. The van der Waals surface area contributed by atoms with Crippen molar-refractivity contribution in [2.75, 3.05) is 0 Å². The Balaban J connectivity index is 1.46. The molecule has 0 aliphatic heterocycles. The Morgan fingerprint density at radius 3 is 2.10 bits per heavy atom. The Bertz CT molecular complexity index is 1950. The Labute approximate surface area is 232 Å². The van der Waals surface area contributed by atoms with Gasteiger partial charge in [0.2, 0.25) is 0 Å². The van der Waals surface area contributed by atoms with Gasteiger partial charge in [-0.3, -0.25) is 4.98 Å². The maximum atomic E-state index is 4.98. The average molecular weight is 513 g/mol. The predicted molar refractivity (Wildman–Crippen MR) is 159 cm³/mol. The molecular formula is C36H24N4. The highest BCUT2D eigenvalue weighted by atomic mass is 15.1. The molecule has 188 valence electrons. The second kappa shape index (κ2) is 8.85. The minimum absolute atomic E-state index is 0.440. The van der Waals surface area contributed by atoms with E-state index < -0.39 is 5.41 Å². The van der Waals surface area contributed by atoms with Crippen molar-refractivity contribution < 1.29 is 0 Å². The zero-order valence-corrected chi connectivity index (χ0v) is 21.6. The smallest absolute Gasteiger partial charge is 0.163 e. The Morgan fingerprint density at radius 2 is 1.35 bits per heavy atom. The van der Waals surface area contributed by atoms with Gasteiger partial charge in [0, 0.05) is 41.3 Å². The summed E-state index contributed by atoms with van der Waals surface area (Å²) in [5.41, 5.74) is 9.17. The molecule has 0 radical (unpaired) electrons. The lowest BCUT2D eigenvalue weighted by atomic mass is 9.67. The van der Waals surface area contributed by atoms with Crippen LogP contribution in [-0.4, -0.2) is 19.5 Å². The molecule has 1 aliphatic carbocycles. The fourth-order valence-corrected chi connectivity index (χ4v) is 6.46. The first kappa shape index (κ1) is 22.6. The molecule has 8 rings (SSSR count). The van der Waals surface area contributed by atoms with Crippen molar-refractivity contribution in [1.29, 1.82) is 0 Å². The van der Waals surface area contributed by atoms with Gasteiger partial charge in [-0.15, -0.1) is 0 Å². The van der Waals surface area contributed by atoms with E-state index in [0.717, 1.165) is 16.9 Å². The fraction of sp³-hybridized carbons (Fsp3) is 0.0278. The summed E-state index contributed by atoms with van der Waals surface area (Å²) in [6.07, 6.45) is 7.51. The van der Waals surface area contributed by atoms with Crippen LogP contribution in [0.2, 0.25) is 0 Å². The number of benzene rings is 4. The molecule has 0 amide bonds. The van der Waals surface area contributed by atoms with Crippen molar-refractivity contribution in [2.24, 2.45) is 0 Å². The van der Waals surface area contributed by atoms with E-state index in [0.29, 0.717) is 5.82 Å². The second-order valence-electron chi connectivity index (χ2n) is 10.1. The maximum absolute atomic E-state index is 4.98. The standard InChI is InChI=1S/C36H24N4/c1-3-11-27(12-4-1)36(28-13-5-2-6-14-28)30-16-8-7-15-29(30)33-31(36)18-17-25-20-23-40(34(25)33)32-19-22-38-35(39-32)26-10-9-21-37-24-26/h1-24H. The molecule has 4 nitrogen and oxygen atoms in total. The minimum atomic E-state index is -0.440. The van der Waals surface area contributed by atoms with Gasteiger partial charge in [0.25, 0.3) is 0 Å². The van der Waals surface area contributed by atoms with Gasteiger partial charge in [-0.05, 0) is 52.1 Å². The zero-order chi connectivity index (χ0) is 26.5. The number of fused-ring (bicyclic) bond motifs is 5. The highest BCUT2D eigenvalue weighted by Gasteiger charge is 2.46. The molecule has 1 aliphatic rings. The van der Waals surface area contributed by atoms with Gasteiger partial charge < -0.3 is 4.57 Å². The third kappa shape index (κ3) is 3.17. The summed E-state index contributed by atoms with van der Waals surface area (Å²) in [5.74, 6) is 1.48. The van der Waals surface area contributed by atoms with Crippen molar-refractivity contribution in [1.82, 2.24) is 19.5 Å². The molecule has 40 heavy (non-hydrogen) atoms. The first-order valence-corrected chi connectivity index (χ1v) is 13.4. The molecule has 7 aromatic rings. The van der Waals surface area contributed by atoms with Crippen LogP contribution in [0, 0.1) is 0 Å². The normalized spacial score (nSPS) is 13.2. The second-order valence-corrected chi connectivity index (χ2v) is 10.1. The third-order valence-electron chi connectivity index (χ3n) is 8.08. The summed E-state index contributed by atoms with van der Waals surface area (Å²) in [6.45, 7) is 0. The monoisotopic (exact) mass is 512 g/mol. The van der Waals surface area contributed by atoms with Gasteiger partial charge in [0.05, 0.1) is 10.9 Å². The number of nitrogens with zero attached hydrogens (tertiary/aromatic N) is 4. The van der Waals surface area contributed by atoms with Crippen LogP contribution in [-0.2, 0) is 5.41 Å². The molecule has 0 fully saturated rings. The topological polar surface area (TPSA) is 43.6 Å². The largest absolute Gasteiger partial charge is 0.300 e. The molecule has 0 bridgehead atoms. The fourth-order valence-electron chi connectivity index (χ4n) is 6.46. The lowest BCUT2D eigenvalue weighted by molar-refractivity contribution is 0.769. The molecule has 3 heterocycles. The van der Waals surface area contributed by atoms with E-state index in [1.54, 1.807) is 12.4 Å². The molecule has 0 unspecified atom stereocenters. The van der Waals surface area contributed by atoms with E-state index in [4.69, 9.17) is 4.98 Å². The molecular weight excluding hydrogens is 488 g/mol. The van der Waals surface area contributed by atoms with E-state index in [2.05, 4.69) is 124 Å². The van der Waals surface area contributed by atoms with E-state index in [-0.39, 0.29) is 0 Å². The van der Waals surface area contributed by atoms with E-state index in [9.17, 15) is 0 Å².